The molecule has 0 aliphatic rings. The van der Waals surface area contributed by atoms with Crippen molar-refractivity contribution >= 4 is 5.91 Å². The van der Waals surface area contributed by atoms with Crippen LogP contribution in [0.5, 0.6) is 0 Å². The number of nitrogens with zero attached hydrogens (tertiary/aromatic N) is 1. The van der Waals surface area contributed by atoms with Crippen molar-refractivity contribution < 1.29 is 14.3 Å². The molecule has 20 heavy (non-hydrogen) atoms. The van der Waals surface area contributed by atoms with Crippen molar-refractivity contribution in [3.05, 3.63) is 53.7 Å². The van der Waals surface area contributed by atoms with Crippen LogP contribution in [0.25, 0.3) is 0 Å². The van der Waals surface area contributed by atoms with E-state index in [-0.39, 0.29) is 12.5 Å². The minimum absolute atomic E-state index is 0.199. The molecule has 0 radical (unpaired) electrons. The Bertz CT molecular complexity index is 607. The van der Waals surface area contributed by atoms with Crippen LogP contribution in [0, 0.1) is 11.8 Å². The van der Waals surface area contributed by atoms with Gasteiger partial charge in [0.25, 0.3) is 5.91 Å². The molecular formula is C15H14N2O3. The van der Waals surface area contributed by atoms with E-state index in [0.29, 0.717) is 24.2 Å². The second-order valence-electron chi connectivity index (χ2n) is 3.98. The lowest BCUT2D eigenvalue weighted by Crippen LogP contribution is -2.26. The summed E-state index contributed by atoms with van der Waals surface area (Å²) >= 11 is 0. The molecule has 0 unspecified atom stereocenters. The first-order chi connectivity index (χ1) is 9.79. The normalized spacial score (nSPS) is 9.65. The monoisotopic (exact) mass is 270 g/mol. The van der Waals surface area contributed by atoms with E-state index in [9.17, 15) is 4.79 Å². The number of carbonyl (C=O) groups excluding carboxylic acids is 1. The summed E-state index contributed by atoms with van der Waals surface area (Å²) in [4.78, 5) is 15.8. The fourth-order valence-electron chi connectivity index (χ4n) is 1.59. The first-order valence-corrected chi connectivity index (χ1v) is 6.16. The number of furan rings is 1. The third-order valence-electron chi connectivity index (χ3n) is 2.54. The van der Waals surface area contributed by atoms with Crippen LogP contribution in [-0.4, -0.2) is 29.1 Å². The average Bonchev–Trinajstić information content (AvgIpc) is 2.99. The highest BCUT2D eigenvalue weighted by atomic mass is 16.3. The van der Waals surface area contributed by atoms with E-state index in [0.717, 1.165) is 5.76 Å². The molecule has 5 heteroatoms. The summed E-state index contributed by atoms with van der Waals surface area (Å²) in [5.74, 6) is 5.82. The highest BCUT2D eigenvalue weighted by Gasteiger charge is 2.06. The number of rotatable bonds is 4. The molecule has 2 rings (SSSR count). The number of aromatic nitrogens is 1. The van der Waals surface area contributed by atoms with E-state index >= 15 is 0 Å². The number of pyridine rings is 1. The predicted molar refractivity (Wildman–Crippen MR) is 72.9 cm³/mol. The standard InChI is InChI=1S/C15H14N2O3/c18-9-1-3-12-5-6-14(17-11-12)15(19)16-8-7-13-4-2-10-20-13/h2,4-6,10-11,18H,7-9H2,(H,16,19). The van der Waals surface area contributed by atoms with Gasteiger partial charge in [0.2, 0.25) is 0 Å². The van der Waals surface area contributed by atoms with E-state index in [1.807, 2.05) is 12.1 Å². The molecule has 0 atom stereocenters. The Morgan fingerprint density at radius 1 is 1.40 bits per heavy atom. The second kappa shape index (κ2) is 7.12. The van der Waals surface area contributed by atoms with Crippen LogP contribution >= 0.6 is 0 Å². The summed E-state index contributed by atoms with van der Waals surface area (Å²) in [7, 11) is 0. The molecular weight excluding hydrogens is 256 g/mol. The molecule has 1 amide bonds. The molecule has 0 bridgehead atoms. The van der Waals surface area contributed by atoms with Gasteiger partial charge in [0.05, 0.1) is 6.26 Å². The highest BCUT2D eigenvalue weighted by molar-refractivity contribution is 5.92. The van der Waals surface area contributed by atoms with Gasteiger partial charge in [0.1, 0.15) is 18.1 Å². The number of hydrogen-bond donors (Lipinski definition) is 2. The lowest BCUT2D eigenvalue weighted by Gasteiger charge is -2.03. The van der Waals surface area contributed by atoms with Gasteiger partial charge >= 0.3 is 0 Å². The summed E-state index contributed by atoms with van der Waals surface area (Å²) in [5, 5.41) is 11.3. The molecule has 0 saturated heterocycles. The average molecular weight is 270 g/mol. The Balaban J connectivity index is 1.85. The molecule has 0 fully saturated rings. The van der Waals surface area contributed by atoms with Crippen molar-refractivity contribution in [1.29, 1.82) is 0 Å². The minimum atomic E-state index is -0.238. The third-order valence-corrected chi connectivity index (χ3v) is 2.54. The number of carbonyl (C=O) groups is 1. The van der Waals surface area contributed by atoms with Crippen LogP contribution in [0.15, 0.2) is 41.1 Å². The van der Waals surface area contributed by atoms with Crippen LogP contribution in [0.2, 0.25) is 0 Å². The number of aliphatic hydroxyl groups excluding tert-OH is 1. The Hall–Kier alpha value is -2.58. The molecule has 2 aromatic rings. The van der Waals surface area contributed by atoms with E-state index in [1.165, 1.54) is 6.20 Å². The van der Waals surface area contributed by atoms with E-state index in [4.69, 9.17) is 9.52 Å². The van der Waals surface area contributed by atoms with E-state index < -0.39 is 0 Å². The molecule has 2 heterocycles. The van der Waals surface area contributed by atoms with Gasteiger partial charge in [-0.2, -0.15) is 0 Å². The first kappa shape index (κ1) is 13.8. The summed E-state index contributed by atoms with van der Waals surface area (Å²) in [5.41, 5.74) is 0.991. The zero-order valence-corrected chi connectivity index (χ0v) is 10.8. The van der Waals surface area contributed by atoms with E-state index in [1.54, 1.807) is 18.4 Å². The number of amides is 1. The number of hydrogen-bond acceptors (Lipinski definition) is 4. The van der Waals surface area contributed by atoms with Gasteiger partial charge in [-0.15, -0.1) is 0 Å². The molecule has 2 N–H and O–H groups in total. The molecule has 0 saturated carbocycles. The zero-order valence-electron chi connectivity index (χ0n) is 10.8. The van der Waals surface area contributed by atoms with Crippen molar-refractivity contribution in [2.75, 3.05) is 13.2 Å². The third kappa shape index (κ3) is 3.97. The summed E-state index contributed by atoms with van der Waals surface area (Å²) in [6.45, 7) is 0.287. The van der Waals surface area contributed by atoms with Crippen molar-refractivity contribution in [1.82, 2.24) is 10.3 Å². The topological polar surface area (TPSA) is 75.4 Å². The Morgan fingerprint density at radius 3 is 2.95 bits per heavy atom. The van der Waals surface area contributed by atoms with Gasteiger partial charge < -0.3 is 14.8 Å². The summed E-state index contributed by atoms with van der Waals surface area (Å²) in [6, 6.07) is 6.96. The Kier molecular flexibility index (Phi) is 4.93. The maximum Gasteiger partial charge on any atom is 0.269 e. The van der Waals surface area contributed by atoms with Gasteiger partial charge in [0.15, 0.2) is 0 Å². The van der Waals surface area contributed by atoms with Gasteiger partial charge in [-0.05, 0) is 24.3 Å². The number of nitrogens with one attached hydrogen (secondary N) is 1. The molecule has 0 aliphatic heterocycles. The Morgan fingerprint density at radius 2 is 2.30 bits per heavy atom. The summed E-state index contributed by atoms with van der Waals surface area (Å²) in [6.07, 6.45) is 3.74. The van der Waals surface area contributed by atoms with Gasteiger partial charge in [-0.25, -0.2) is 4.98 Å². The van der Waals surface area contributed by atoms with Crippen LogP contribution in [0.4, 0.5) is 0 Å². The smallest absolute Gasteiger partial charge is 0.269 e. The zero-order chi connectivity index (χ0) is 14.2. The molecule has 2 aromatic heterocycles. The Labute approximate surface area is 116 Å². The fourth-order valence-corrected chi connectivity index (χ4v) is 1.59. The van der Waals surface area contributed by atoms with Crippen LogP contribution in [-0.2, 0) is 6.42 Å². The molecule has 0 aliphatic carbocycles. The van der Waals surface area contributed by atoms with Crippen LogP contribution < -0.4 is 5.32 Å². The van der Waals surface area contributed by atoms with Gasteiger partial charge in [-0.1, -0.05) is 11.8 Å². The van der Waals surface area contributed by atoms with Crippen LogP contribution in [0.3, 0.4) is 0 Å². The second-order valence-corrected chi connectivity index (χ2v) is 3.98. The fraction of sp³-hybridized carbons (Fsp3) is 0.200. The SMILES string of the molecule is O=C(NCCc1ccco1)c1ccc(C#CCO)cn1. The molecule has 0 spiro atoms. The van der Waals surface area contributed by atoms with Crippen molar-refractivity contribution in [2.24, 2.45) is 0 Å². The number of aliphatic hydroxyl groups is 1. The summed E-state index contributed by atoms with van der Waals surface area (Å²) < 4.78 is 5.17. The van der Waals surface area contributed by atoms with Gasteiger partial charge in [0, 0.05) is 24.7 Å². The maximum atomic E-state index is 11.8. The molecule has 102 valence electrons. The van der Waals surface area contributed by atoms with Crippen LogP contribution in [0.1, 0.15) is 21.8 Å². The van der Waals surface area contributed by atoms with Crippen molar-refractivity contribution in [3.63, 3.8) is 0 Å². The largest absolute Gasteiger partial charge is 0.469 e. The predicted octanol–water partition coefficient (Wildman–Crippen LogP) is 0.991. The van der Waals surface area contributed by atoms with Crippen molar-refractivity contribution in [2.45, 2.75) is 6.42 Å². The molecule has 5 nitrogen and oxygen atoms in total. The maximum absolute atomic E-state index is 11.8. The van der Waals surface area contributed by atoms with E-state index in [2.05, 4.69) is 22.1 Å². The highest BCUT2D eigenvalue weighted by Crippen LogP contribution is 2.01. The minimum Gasteiger partial charge on any atom is -0.469 e. The van der Waals surface area contributed by atoms with Crippen molar-refractivity contribution in [3.8, 4) is 11.8 Å². The lowest BCUT2D eigenvalue weighted by molar-refractivity contribution is 0.0948. The van der Waals surface area contributed by atoms with Gasteiger partial charge in [-0.3, -0.25) is 4.79 Å². The lowest BCUT2D eigenvalue weighted by atomic mass is 10.2. The molecule has 0 aromatic carbocycles. The first-order valence-electron chi connectivity index (χ1n) is 6.16. The quantitative estimate of drug-likeness (QED) is 0.812.